The molecule has 8 heteroatoms. The number of nitrogens with one attached hydrogen (secondary N) is 2. The average molecular weight is 766 g/mol. The molecule has 4 aliphatic rings. The standard InChI is InChI=1S/C23H25ClN2O2.C23H29ClN2/c24-19-11-9-18(10-12-19)23(13-5-14-23)22(28)26-15-4-6-17(16-26)21(27)25-20-7-2-1-3-8-20;24-21-11-9-20(10-12-21)23(13-5-14-23)18-26-15-4-6-19(17-26)16-25-22-7-2-1-3-8-22/h1-3,7-12,17H,4-6,13-16H2,(H,25,27);1-3,7-12,19,25H,4-6,13-18H2/t17-;19-/m10/s1. The van der Waals surface area contributed by atoms with Gasteiger partial charge in [-0.3, -0.25) is 9.59 Å². The summed E-state index contributed by atoms with van der Waals surface area (Å²) in [6.45, 7) is 5.97. The van der Waals surface area contributed by atoms with E-state index in [1.165, 1.54) is 63.0 Å². The van der Waals surface area contributed by atoms with Gasteiger partial charge in [-0.05, 0) is 123 Å². The van der Waals surface area contributed by atoms with E-state index in [2.05, 4.69) is 70.1 Å². The molecule has 2 atom stereocenters. The second-order valence-corrected chi connectivity index (χ2v) is 16.9. The third-order valence-corrected chi connectivity index (χ3v) is 12.9. The van der Waals surface area contributed by atoms with Crippen LogP contribution in [0.1, 0.15) is 75.3 Å². The van der Waals surface area contributed by atoms with Crippen LogP contribution in [0, 0.1) is 11.8 Å². The molecule has 4 aromatic carbocycles. The SMILES string of the molecule is Clc1ccc(C2(CN3CCC[C@@H](CNc4ccccc4)C3)CCC2)cc1.O=C(Nc1ccccc1)[C@@H]1CCCN(C(=O)C2(c3ccc(Cl)cc3)CCC2)C1. The minimum Gasteiger partial charge on any atom is -0.385 e. The normalized spacial score (nSPS) is 21.7. The fraction of sp³-hybridized carbons (Fsp3) is 0.435. The summed E-state index contributed by atoms with van der Waals surface area (Å²) in [5, 5.41) is 8.13. The lowest BCUT2D eigenvalue weighted by atomic mass is 9.63. The van der Waals surface area contributed by atoms with Crippen molar-refractivity contribution in [2.24, 2.45) is 11.8 Å². The van der Waals surface area contributed by atoms with E-state index in [1.807, 2.05) is 59.5 Å². The first kappa shape index (κ1) is 38.4. The first-order chi connectivity index (χ1) is 26.3. The highest BCUT2D eigenvalue weighted by Crippen LogP contribution is 2.47. The first-order valence-electron chi connectivity index (χ1n) is 20.0. The number of anilines is 2. The van der Waals surface area contributed by atoms with E-state index in [9.17, 15) is 9.59 Å². The molecular formula is C46H54Cl2N4O2. The summed E-state index contributed by atoms with van der Waals surface area (Å²) < 4.78 is 0. The van der Waals surface area contributed by atoms with Gasteiger partial charge in [0.05, 0.1) is 11.3 Å². The van der Waals surface area contributed by atoms with Crippen molar-refractivity contribution in [2.45, 2.75) is 75.0 Å². The lowest BCUT2D eigenvalue weighted by molar-refractivity contribution is -0.143. The molecule has 2 aliphatic heterocycles. The Bertz CT molecular complexity index is 1810. The van der Waals surface area contributed by atoms with Crippen LogP contribution >= 0.6 is 23.2 Å². The zero-order valence-electron chi connectivity index (χ0n) is 31.3. The number of para-hydroxylation sites is 2. The van der Waals surface area contributed by atoms with Crippen LogP contribution < -0.4 is 10.6 Å². The van der Waals surface area contributed by atoms with Crippen LogP contribution in [-0.4, -0.2) is 60.9 Å². The molecule has 2 saturated carbocycles. The van der Waals surface area contributed by atoms with Crippen molar-refractivity contribution < 1.29 is 9.59 Å². The van der Waals surface area contributed by atoms with Gasteiger partial charge >= 0.3 is 0 Å². The van der Waals surface area contributed by atoms with E-state index in [0.29, 0.717) is 17.0 Å². The van der Waals surface area contributed by atoms with Gasteiger partial charge in [0.2, 0.25) is 11.8 Å². The Hall–Kier alpha value is -3.84. The quantitative estimate of drug-likeness (QED) is 0.169. The molecule has 6 nitrogen and oxygen atoms in total. The Labute approximate surface area is 331 Å². The number of piperidine rings is 2. The molecule has 4 fully saturated rings. The van der Waals surface area contributed by atoms with Crippen molar-refractivity contribution in [3.8, 4) is 0 Å². The van der Waals surface area contributed by atoms with Gasteiger partial charge in [-0.25, -0.2) is 0 Å². The molecule has 2 amide bonds. The third-order valence-electron chi connectivity index (χ3n) is 12.4. The van der Waals surface area contributed by atoms with Gasteiger partial charge in [0, 0.05) is 59.6 Å². The summed E-state index contributed by atoms with van der Waals surface area (Å²) in [5.74, 6) is 0.739. The second-order valence-electron chi connectivity index (χ2n) is 16.0. The molecule has 0 bridgehead atoms. The largest absolute Gasteiger partial charge is 0.385 e. The predicted molar refractivity (Wildman–Crippen MR) is 222 cm³/mol. The van der Waals surface area contributed by atoms with E-state index in [1.54, 1.807) is 0 Å². The molecule has 0 radical (unpaired) electrons. The van der Waals surface area contributed by atoms with Crippen molar-refractivity contribution in [3.05, 3.63) is 130 Å². The van der Waals surface area contributed by atoms with Crippen LogP contribution in [0.5, 0.6) is 0 Å². The van der Waals surface area contributed by atoms with Gasteiger partial charge < -0.3 is 20.4 Å². The fourth-order valence-corrected chi connectivity index (χ4v) is 9.27. The Morgan fingerprint density at radius 1 is 0.648 bits per heavy atom. The Morgan fingerprint density at radius 3 is 1.83 bits per heavy atom. The van der Waals surface area contributed by atoms with Crippen molar-refractivity contribution in [3.63, 3.8) is 0 Å². The Morgan fingerprint density at radius 2 is 1.24 bits per heavy atom. The number of amides is 2. The summed E-state index contributed by atoms with van der Waals surface area (Å²) >= 11 is 12.1. The van der Waals surface area contributed by atoms with Gasteiger partial charge in [0.15, 0.2) is 0 Å². The first-order valence-corrected chi connectivity index (χ1v) is 20.8. The average Bonchev–Trinajstić information content (AvgIpc) is 3.17. The molecule has 2 saturated heterocycles. The Balaban J connectivity index is 0.000000167. The topological polar surface area (TPSA) is 64.7 Å². The van der Waals surface area contributed by atoms with Crippen LogP contribution in [0.3, 0.4) is 0 Å². The van der Waals surface area contributed by atoms with E-state index in [0.717, 1.165) is 67.4 Å². The van der Waals surface area contributed by atoms with Gasteiger partial charge in [-0.15, -0.1) is 0 Å². The molecule has 4 aromatic rings. The second kappa shape index (κ2) is 17.7. The molecule has 2 N–H and O–H groups in total. The predicted octanol–water partition coefficient (Wildman–Crippen LogP) is 10.2. The number of nitrogens with zero attached hydrogens (tertiary/aromatic N) is 2. The van der Waals surface area contributed by atoms with Crippen LogP contribution in [0.4, 0.5) is 11.4 Å². The van der Waals surface area contributed by atoms with E-state index < -0.39 is 5.41 Å². The number of hydrogen-bond donors (Lipinski definition) is 2. The lowest BCUT2D eigenvalue weighted by Gasteiger charge is -2.47. The molecular weight excluding hydrogens is 711 g/mol. The number of hydrogen-bond acceptors (Lipinski definition) is 4. The third kappa shape index (κ3) is 9.16. The minimum absolute atomic E-state index is 0.00199. The zero-order valence-corrected chi connectivity index (χ0v) is 32.8. The van der Waals surface area contributed by atoms with Gasteiger partial charge in [-0.2, -0.15) is 0 Å². The maximum absolute atomic E-state index is 13.5. The van der Waals surface area contributed by atoms with Crippen LogP contribution in [0.25, 0.3) is 0 Å². The van der Waals surface area contributed by atoms with Gasteiger partial charge in [-0.1, -0.05) is 96.7 Å². The minimum atomic E-state index is -0.442. The van der Waals surface area contributed by atoms with Crippen molar-refractivity contribution in [2.75, 3.05) is 49.9 Å². The highest BCUT2D eigenvalue weighted by Gasteiger charge is 2.48. The summed E-state index contributed by atoms with van der Waals surface area (Å²) in [4.78, 5) is 30.8. The number of carbonyl (C=O) groups excluding carboxylic acids is 2. The maximum Gasteiger partial charge on any atom is 0.233 e. The van der Waals surface area contributed by atoms with Gasteiger partial charge in [0.25, 0.3) is 0 Å². The molecule has 0 unspecified atom stereocenters. The molecule has 54 heavy (non-hydrogen) atoms. The van der Waals surface area contributed by atoms with E-state index in [-0.39, 0.29) is 17.7 Å². The molecule has 2 heterocycles. The summed E-state index contributed by atoms with van der Waals surface area (Å²) in [7, 11) is 0. The monoisotopic (exact) mass is 764 g/mol. The highest BCUT2D eigenvalue weighted by atomic mass is 35.5. The number of benzene rings is 4. The summed E-state index contributed by atoms with van der Waals surface area (Å²) in [6, 6.07) is 36.4. The maximum atomic E-state index is 13.5. The summed E-state index contributed by atoms with van der Waals surface area (Å²) in [5.41, 5.74) is 4.48. The van der Waals surface area contributed by atoms with Crippen molar-refractivity contribution in [1.82, 2.24) is 9.80 Å². The zero-order chi connectivity index (χ0) is 37.4. The molecule has 8 rings (SSSR count). The van der Waals surface area contributed by atoms with Gasteiger partial charge in [0.1, 0.15) is 0 Å². The molecule has 2 aliphatic carbocycles. The number of carbonyl (C=O) groups is 2. The fourth-order valence-electron chi connectivity index (χ4n) is 9.02. The van der Waals surface area contributed by atoms with Crippen LogP contribution in [-0.2, 0) is 20.4 Å². The van der Waals surface area contributed by atoms with Crippen molar-refractivity contribution >= 4 is 46.4 Å². The number of halogens is 2. The Kier molecular flexibility index (Phi) is 12.6. The van der Waals surface area contributed by atoms with E-state index in [4.69, 9.17) is 23.2 Å². The smallest absolute Gasteiger partial charge is 0.233 e. The van der Waals surface area contributed by atoms with Crippen molar-refractivity contribution in [1.29, 1.82) is 0 Å². The molecule has 0 spiro atoms. The number of likely N-dealkylation sites (tertiary alicyclic amines) is 2. The lowest BCUT2D eigenvalue weighted by Crippen LogP contribution is -2.54. The van der Waals surface area contributed by atoms with Crippen LogP contribution in [0.15, 0.2) is 109 Å². The highest BCUT2D eigenvalue weighted by molar-refractivity contribution is 6.30. The van der Waals surface area contributed by atoms with Crippen LogP contribution in [0.2, 0.25) is 10.0 Å². The molecule has 0 aromatic heterocycles. The van der Waals surface area contributed by atoms with E-state index >= 15 is 0 Å². The number of rotatable bonds is 10. The summed E-state index contributed by atoms with van der Waals surface area (Å²) in [6.07, 6.45) is 11.1. The molecule has 284 valence electrons.